The largest absolute Gasteiger partial charge is 0.495 e. The van der Waals surface area contributed by atoms with Crippen LogP contribution in [0.1, 0.15) is 36.0 Å². The van der Waals surface area contributed by atoms with E-state index in [1.165, 1.54) is 23.5 Å². The number of rotatable bonds is 6. The number of nitrogens with zero attached hydrogens (tertiary/aromatic N) is 1. The number of methoxy groups -OCH3 is 1. The second-order valence-corrected chi connectivity index (χ2v) is 7.59. The molecular formula is C17H24N2O4S. The highest BCUT2D eigenvalue weighted by Gasteiger charge is 2.29. The maximum absolute atomic E-state index is 13.0. The van der Waals surface area contributed by atoms with Crippen LogP contribution in [0.4, 0.5) is 0 Å². The van der Waals surface area contributed by atoms with Crippen molar-refractivity contribution in [2.24, 2.45) is 0 Å². The number of benzene rings is 1. The molecule has 0 aliphatic carbocycles. The van der Waals surface area contributed by atoms with E-state index in [1.807, 2.05) is 0 Å². The first kappa shape index (κ1) is 18.5. The molecule has 1 aliphatic rings. The van der Waals surface area contributed by atoms with Gasteiger partial charge in [0, 0.05) is 25.2 Å². The lowest BCUT2D eigenvalue weighted by molar-refractivity contribution is 0.0957. The van der Waals surface area contributed by atoms with Crippen LogP contribution >= 0.6 is 0 Å². The Balaban J connectivity index is 2.38. The van der Waals surface area contributed by atoms with E-state index in [9.17, 15) is 13.2 Å². The molecular weight excluding hydrogens is 328 g/mol. The van der Waals surface area contributed by atoms with Crippen LogP contribution in [0.25, 0.3) is 0 Å². The molecule has 0 spiro atoms. The summed E-state index contributed by atoms with van der Waals surface area (Å²) in [4.78, 5) is 12.1. The number of ether oxygens (including phenoxy) is 1. The van der Waals surface area contributed by atoms with Crippen molar-refractivity contribution in [3.05, 3.63) is 36.4 Å². The summed E-state index contributed by atoms with van der Waals surface area (Å²) in [7, 11) is -2.27. The Morgan fingerprint density at radius 1 is 1.29 bits per heavy atom. The van der Waals surface area contributed by atoms with Crippen molar-refractivity contribution >= 4 is 15.9 Å². The quantitative estimate of drug-likeness (QED) is 0.796. The second kappa shape index (κ2) is 8.30. The summed E-state index contributed by atoms with van der Waals surface area (Å²) in [6.45, 7) is 4.86. The lowest BCUT2D eigenvalue weighted by atomic mass is 10.2. The van der Waals surface area contributed by atoms with Gasteiger partial charge in [0.2, 0.25) is 10.0 Å². The van der Waals surface area contributed by atoms with Gasteiger partial charge in [-0.1, -0.05) is 18.9 Å². The minimum atomic E-state index is -3.70. The van der Waals surface area contributed by atoms with Gasteiger partial charge < -0.3 is 10.1 Å². The molecule has 1 fully saturated rings. The third-order valence-corrected chi connectivity index (χ3v) is 5.94. The monoisotopic (exact) mass is 352 g/mol. The number of carbonyl (C=O) groups excluding carboxylic acids is 1. The summed E-state index contributed by atoms with van der Waals surface area (Å²) < 4.78 is 32.7. The minimum Gasteiger partial charge on any atom is -0.495 e. The predicted octanol–water partition coefficient (Wildman–Crippen LogP) is 2.18. The van der Waals surface area contributed by atoms with Gasteiger partial charge in [0.15, 0.2) is 0 Å². The van der Waals surface area contributed by atoms with Gasteiger partial charge in [0.25, 0.3) is 5.91 Å². The highest BCUT2D eigenvalue weighted by molar-refractivity contribution is 7.89. The Labute approximate surface area is 143 Å². The molecule has 0 radical (unpaired) electrons. The van der Waals surface area contributed by atoms with Crippen molar-refractivity contribution in [1.82, 2.24) is 9.62 Å². The van der Waals surface area contributed by atoms with Crippen LogP contribution in [0, 0.1) is 0 Å². The number of carbonyl (C=O) groups is 1. The summed E-state index contributed by atoms with van der Waals surface area (Å²) in [5.41, 5.74) is 0.283. The van der Waals surface area contributed by atoms with Crippen molar-refractivity contribution in [1.29, 1.82) is 0 Å². The Bertz CT molecular complexity index is 693. The summed E-state index contributed by atoms with van der Waals surface area (Å²) in [5, 5.41) is 2.65. The first-order valence-electron chi connectivity index (χ1n) is 8.08. The van der Waals surface area contributed by atoms with Gasteiger partial charge in [0.1, 0.15) is 10.6 Å². The number of hydrogen-bond donors (Lipinski definition) is 1. The molecule has 0 saturated carbocycles. The minimum absolute atomic E-state index is 0.0400. The molecule has 24 heavy (non-hydrogen) atoms. The number of hydrogen-bond acceptors (Lipinski definition) is 4. The van der Waals surface area contributed by atoms with Crippen molar-refractivity contribution in [2.45, 2.75) is 30.6 Å². The molecule has 1 aromatic rings. The highest BCUT2D eigenvalue weighted by atomic mass is 32.2. The van der Waals surface area contributed by atoms with E-state index >= 15 is 0 Å². The summed E-state index contributed by atoms with van der Waals surface area (Å²) in [6.07, 6.45) is 5.33. The number of nitrogens with one attached hydrogen (secondary N) is 1. The van der Waals surface area contributed by atoms with Gasteiger partial charge in [-0.05, 0) is 31.0 Å². The summed E-state index contributed by atoms with van der Waals surface area (Å²) >= 11 is 0. The molecule has 0 atom stereocenters. The van der Waals surface area contributed by atoms with Crippen LogP contribution in [0.2, 0.25) is 0 Å². The molecule has 1 N–H and O–H groups in total. The van der Waals surface area contributed by atoms with Gasteiger partial charge in [-0.2, -0.15) is 4.31 Å². The first-order valence-corrected chi connectivity index (χ1v) is 9.52. The lowest BCUT2D eigenvalue weighted by Gasteiger charge is -2.21. The SMILES string of the molecule is C=CCNC(=O)c1ccc(OC)c(S(=O)(=O)N2CCCCCC2)c1. The molecule has 7 heteroatoms. The van der Waals surface area contributed by atoms with Crippen molar-refractivity contribution in [2.75, 3.05) is 26.7 Å². The molecule has 1 saturated heterocycles. The van der Waals surface area contributed by atoms with E-state index in [2.05, 4.69) is 11.9 Å². The van der Waals surface area contributed by atoms with Gasteiger partial charge in [-0.3, -0.25) is 4.79 Å². The van der Waals surface area contributed by atoms with E-state index < -0.39 is 10.0 Å². The zero-order valence-corrected chi connectivity index (χ0v) is 14.8. The molecule has 6 nitrogen and oxygen atoms in total. The van der Waals surface area contributed by atoms with Crippen LogP contribution in [0.5, 0.6) is 5.75 Å². The molecule has 1 aromatic carbocycles. The third-order valence-electron chi connectivity index (χ3n) is 4.02. The smallest absolute Gasteiger partial charge is 0.251 e. The van der Waals surface area contributed by atoms with Crippen molar-refractivity contribution in [3.63, 3.8) is 0 Å². The highest BCUT2D eigenvalue weighted by Crippen LogP contribution is 2.29. The standard InChI is InChI=1S/C17H24N2O4S/c1-3-10-18-17(20)14-8-9-15(23-2)16(13-14)24(21,22)19-11-6-4-5-7-12-19/h3,8-9,13H,1,4-7,10-12H2,2H3,(H,18,20). The second-order valence-electron chi connectivity index (χ2n) is 5.68. The van der Waals surface area contributed by atoms with E-state index in [0.717, 1.165) is 25.7 Å². The summed E-state index contributed by atoms with van der Waals surface area (Å²) in [6, 6.07) is 4.46. The molecule has 2 rings (SSSR count). The Morgan fingerprint density at radius 2 is 1.96 bits per heavy atom. The Morgan fingerprint density at radius 3 is 2.54 bits per heavy atom. The number of sulfonamides is 1. The molecule has 0 unspecified atom stereocenters. The van der Waals surface area contributed by atoms with Gasteiger partial charge in [0.05, 0.1) is 7.11 Å². The van der Waals surface area contributed by atoms with Gasteiger partial charge in [-0.15, -0.1) is 6.58 Å². The maximum atomic E-state index is 13.0. The maximum Gasteiger partial charge on any atom is 0.251 e. The predicted molar refractivity (Wildman–Crippen MR) is 92.8 cm³/mol. The summed E-state index contributed by atoms with van der Waals surface area (Å²) in [5.74, 6) is -0.0932. The molecule has 0 bridgehead atoms. The van der Waals surface area contributed by atoms with Crippen LogP contribution < -0.4 is 10.1 Å². The third kappa shape index (κ3) is 4.15. The fraction of sp³-hybridized carbons (Fsp3) is 0.471. The number of amides is 1. The van der Waals surface area contributed by atoms with E-state index in [1.54, 1.807) is 12.1 Å². The van der Waals surface area contributed by atoms with Crippen molar-refractivity contribution < 1.29 is 17.9 Å². The first-order chi connectivity index (χ1) is 11.5. The normalized spacial score (nSPS) is 16.2. The van der Waals surface area contributed by atoms with E-state index in [-0.39, 0.29) is 22.1 Å². The average Bonchev–Trinajstić information content (AvgIpc) is 2.89. The van der Waals surface area contributed by atoms with E-state index in [0.29, 0.717) is 19.6 Å². The van der Waals surface area contributed by atoms with Crippen LogP contribution in [0.3, 0.4) is 0 Å². The van der Waals surface area contributed by atoms with Gasteiger partial charge >= 0.3 is 0 Å². The van der Waals surface area contributed by atoms with Gasteiger partial charge in [-0.25, -0.2) is 8.42 Å². The van der Waals surface area contributed by atoms with Crippen LogP contribution in [-0.2, 0) is 10.0 Å². The molecule has 1 amide bonds. The van der Waals surface area contributed by atoms with E-state index in [4.69, 9.17) is 4.74 Å². The molecule has 132 valence electrons. The van der Waals surface area contributed by atoms with Crippen LogP contribution in [-0.4, -0.2) is 45.4 Å². The Kier molecular flexibility index (Phi) is 6.39. The fourth-order valence-electron chi connectivity index (χ4n) is 2.71. The lowest BCUT2D eigenvalue weighted by Crippen LogP contribution is -2.32. The molecule has 0 aromatic heterocycles. The Hall–Kier alpha value is -1.86. The molecule has 1 heterocycles. The van der Waals surface area contributed by atoms with Crippen molar-refractivity contribution in [3.8, 4) is 5.75 Å². The molecule has 1 aliphatic heterocycles. The fourth-order valence-corrected chi connectivity index (χ4v) is 4.41. The zero-order valence-electron chi connectivity index (χ0n) is 14.0. The zero-order chi connectivity index (χ0) is 17.6. The average molecular weight is 352 g/mol. The topological polar surface area (TPSA) is 75.7 Å². The van der Waals surface area contributed by atoms with Crippen LogP contribution in [0.15, 0.2) is 35.7 Å².